The van der Waals surface area contributed by atoms with E-state index in [4.69, 9.17) is 0 Å². The van der Waals surface area contributed by atoms with Crippen LogP contribution in [0.2, 0.25) is 0 Å². The van der Waals surface area contributed by atoms with Gasteiger partial charge in [-0.1, -0.05) is 90.5 Å². The molecule has 4 aromatic carbocycles. The molecule has 7 nitrogen and oxygen atoms in total. The molecular formula is C35H39N3O4S. The Morgan fingerprint density at radius 2 is 1.35 bits per heavy atom. The molecule has 0 fully saturated rings. The Labute approximate surface area is 255 Å². The number of carbonyl (C=O) groups is 2. The van der Waals surface area contributed by atoms with E-state index < -0.39 is 28.5 Å². The predicted molar refractivity (Wildman–Crippen MR) is 171 cm³/mol. The summed E-state index contributed by atoms with van der Waals surface area (Å²) in [5.41, 5.74) is 4.65. The van der Waals surface area contributed by atoms with Gasteiger partial charge >= 0.3 is 0 Å². The Morgan fingerprint density at radius 3 is 1.95 bits per heavy atom. The fraction of sp³-hybridized carbons (Fsp3) is 0.257. The first-order chi connectivity index (χ1) is 20.6. The fourth-order valence-electron chi connectivity index (χ4n) is 4.97. The third-order valence-electron chi connectivity index (χ3n) is 7.34. The molecule has 0 spiro atoms. The number of amides is 2. The highest BCUT2D eigenvalue weighted by Crippen LogP contribution is 2.29. The summed E-state index contributed by atoms with van der Waals surface area (Å²) in [7, 11) is -4.14. The van der Waals surface area contributed by atoms with Crippen LogP contribution in [0.3, 0.4) is 0 Å². The van der Waals surface area contributed by atoms with Gasteiger partial charge in [0.25, 0.3) is 10.0 Å². The molecule has 0 bridgehead atoms. The summed E-state index contributed by atoms with van der Waals surface area (Å²) in [6.07, 6.45) is 0.277. The maximum atomic E-state index is 14.4. The number of likely N-dealkylation sites (N-methyl/N-ethyl adjacent to an activating group) is 1. The highest BCUT2D eigenvalue weighted by Gasteiger charge is 2.35. The largest absolute Gasteiger partial charge is 0.355 e. The molecule has 43 heavy (non-hydrogen) atoms. The standard InChI is InChI=1S/C35H39N3O4S/c1-5-36-35(40)33(23-29-12-8-6-9-13-29)37(24-30-14-10-7-11-15-30)34(39)25-38(32-22-27(3)16-19-28(32)4)43(41,42)31-20-17-26(2)18-21-31/h6-22,33H,5,23-25H2,1-4H3,(H,36,40)/t33-/m1/s1. The molecule has 1 N–H and O–H groups in total. The van der Waals surface area contributed by atoms with E-state index in [2.05, 4.69) is 5.32 Å². The molecule has 224 valence electrons. The first-order valence-corrected chi connectivity index (χ1v) is 15.9. The number of aryl methyl sites for hydroxylation is 3. The minimum Gasteiger partial charge on any atom is -0.355 e. The Hall–Kier alpha value is -4.43. The average molecular weight is 598 g/mol. The maximum Gasteiger partial charge on any atom is 0.264 e. The van der Waals surface area contributed by atoms with Gasteiger partial charge in [0.2, 0.25) is 11.8 Å². The second kappa shape index (κ2) is 14.2. The van der Waals surface area contributed by atoms with Crippen molar-refractivity contribution >= 4 is 27.5 Å². The fourth-order valence-corrected chi connectivity index (χ4v) is 6.44. The molecule has 0 aliphatic heterocycles. The Bertz CT molecular complexity index is 1640. The van der Waals surface area contributed by atoms with E-state index in [1.165, 1.54) is 9.21 Å². The lowest BCUT2D eigenvalue weighted by molar-refractivity contribution is -0.140. The minimum absolute atomic E-state index is 0.0889. The smallest absolute Gasteiger partial charge is 0.264 e. The van der Waals surface area contributed by atoms with Crippen molar-refractivity contribution in [2.45, 2.75) is 51.6 Å². The molecule has 4 rings (SSSR count). The van der Waals surface area contributed by atoms with Crippen molar-refractivity contribution < 1.29 is 18.0 Å². The number of nitrogens with one attached hydrogen (secondary N) is 1. The van der Waals surface area contributed by atoms with Gasteiger partial charge in [0.15, 0.2) is 0 Å². The number of sulfonamides is 1. The van der Waals surface area contributed by atoms with Crippen LogP contribution in [0.5, 0.6) is 0 Å². The number of hydrogen-bond acceptors (Lipinski definition) is 4. The van der Waals surface area contributed by atoms with Gasteiger partial charge in [-0.15, -0.1) is 0 Å². The van der Waals surface area contributed by atoms with Crippen LogP contribution in [0.15, 0.2) is 108 Å². The van der Waals surface area contributed by atoms with Crippen molar-refractivity contribution in [1.29, 1.82) is 0 Å². The molecule has 0 radical (unpaired) electrons. The third kappa shape index (κ3) is 7.90. The molecule has 0 saturated heterocycles. The number of anilines is 1. The Morgan fingerprint density at radius 1 is 0.767 bits per heavy atom. The van der Waals surface area contributed by atoms with Crippen LogP contribution in [0.1, 0.15) is 34.7 Å². The van der Waals surface area contributed by atoms with Crippen LogP contribution >= 0.6 is 0 Å². The van der Waals surface area contributed by atoms with E-state index in [0.717, 1.165) is 22.3 Å². The van der Waals surface area contributed by atoms with Gasteiger partial charge in [-0.3, -0.25) is 13.9 Å². The van der Waals surface area contributed by atoms with E-state index in [1.54, 1.807) is 30.3 Å². The number of benzene rings is 4. The lowest BCUT2D eigenvalue weighted by atomic mass is 10.0. The number of carbonyl (C=O) groups excluding carboxylic acids is 2. The lowest BCUT2D eigenvalue weighted by Crippen LogP contribution is -2.53. The summed E-state index contributed by atoms with van der Waals surface area (Å²) in [4.78, 5) is 29.6. The van der Waals surface area contributed by atoms with Crippen molar-refractivity contribution in [3.63, 3.8) is 0 Å². The normalized spacial score (nSPS) is 11.9. The molecule has 0 heterocycles. The number of rotatable bonds is 12. The van der Waals surface area contributed by atoms with Crippen LogP contribution < -0.4 is 9.62 Å². The second-order valence-electron chi connectivity index (χ2n) is 10.7. The molecular weight excluding hydrogens is 558 g/mol. The van der Waals surface area contributed by atoms with Gasteiger partial charge in [-0.25, -0.2) is 8.42 Å². The van der Waals surface area contributed by atoms with Crippen molar-refractivity contribution in [3.8, 4) is 0 Å². The van der Waals surface area contributed by atoms with E-state index in [0.29, 0.717) is 17.8 Å². The van der Waals surface area contributed by atoms with Crippen LogP contribution in [0.25, 0.3) is 0 Å². The predicted octanol–water partition coefficient (Wildman–Crippen LogP) is 5.58. The van der Waals surface area contributed by atoms with E-state index in [9.17, 15) is 18.0 Å². The Balaban J connectivity index is 1.81. The Kier molecular flexibility index (Phi) is 10.4. The van der Waals surface area contributed by atoms with Gasteiger partial charge in [-0.05, 0) is 68.1 Å². The zero-order valence-corrected chi connectivity index (χ0v) is 26.0. The van der Waals surface area contributed by atoms with Crippen LogP contribution in [0, 0.1) is 20.8 Å². The second-order valence-corrected chi connectivity index (χ2v) is 12.6. The quantitative estimate of drug-likeness (QED) is 0.231. The van der Waals surface area contributed by atoms with Crippen LogP contribution in [-0.2, 0) is 32.6 Å². The first kappa shape index (κ1) is 31.5. The summed E-state index contributed by atoms with van der Waals surface area (Å²) >= 11 is 0. The van der Waals surface area contributed by atoms with Gasteiger partial charge in [0.1, 0.15) is 12.6 Å². The zero-order valence-electron chi connectivity index (χ0n) is 25.2. The first-order valence-electron chi connectivity index (χ1n) is 14.4. The molecule has 4 aromatic rings. The average Bonchev–Trinajstić information content (AvgIpc) is 3.00. The number of hydrogen-bond donors (Lipinski definition) is 1. The molecule has 8 heteroatoms. The summed E-state index contributed by atoms with van der Waals surface area (Å²) < 4.78 is 29.6. The maximum absolute atomic E-state index is 14.4. The van der Waals surface area contributed by atoms with Gasteiger partial charge in [-0.2, -0.15) is 0 Å². The molecule has 0 aromatic heterocycles. The van der Waals surface area contributed by atoms with Crippen LogP contribution in [0.4, 0.5) is 5.69 Å². The monoisotopic (exact) mass is 597 g/mol. The third-order valence-corrected chi connectivity index (χ3v) is 9.11. The van der Waals surface area contributed by atoms with Gasteiger partial charge in [0.05, 0.1) is 10.6 Å². The van der Waals surface area contributed by atoms with Crippen molar-refractivity contribution in [2.24, 2.45) is 0 Å². The minimum atomic E-state index is -4.14. The summed E-state index contributed by atoms with van der Waals surface area (Å²) in [6, 6.07) is 30.2. The highest BCUT2D eigenvalue weighted by atomic mass is 32.2. The van der Waals surface area contributed by atoms with E-state index in [-0.39, 0.29) is 23.8 Å². The zero-order chi connectivity index (χ0) is 31.0. The van der Waals surface area contributed by atoms with Gasteiger partial charge < -0.3 is 10.2 Å². The molecule has 0 aliphatic carbocycles. The number of nitrogens with zero attached hydrogens (tertiary/aromatic N) is 2. The van der Waals surface area contributed by atoms with E-state index in [1.807, 2.05) is 100 Å². The molecule has 0 aliphatic rings. The summed E-state index contributed by atoms with van der Waals surface area (Å²) in [6.45, 7) is 7.49. The molecule has 0 unspecified atom stereocenters. The van der Waals surface area contributed by atoms with Gasteiger partial charge in [0, 0.05) is 19.5 Å². The molecule has 2 amide bonds. The van der Waals surface area contributed by atoms with E-state index >= 15 is 0 Å². The molecule has 0 saturated carbocycles. The topological polar surface area (TPSA) is 86.8 Å². The van der Waals surface area contributed by atoms with Crippen molar-refractivity contribution in [2.75, 3.05) is 17.4 Å². The lowest BCUT2D eigenvalue weighted by Gasteiger charge is -2.34. The summed E-state index contributed by atoms with van der Waals surface area (Å²) in [5, 5.41) is 2.89. The molecule has 1 atom stereocenters. The highest BCUT2D eigenvalue weighted by molar-refractivity contribution is 7.92. The SMILES string of the molecule is CCNC(=O)[C@@H](Cc1ccccc1)N(Cc1ccccc1)C(=O)CN(c1cc(C)ccc1C)S(=O)(=O)c1ccc(C)cc1. The van der Waals surface area contributed by atoms with Crippen molar-refractivity contribution in [1.82, 2.24) is 10.2 Å². The summed E-state index contributed by atoms with van der Waals surface area (Å²) in [5.74, 6) is -0.775. The van der Waals surface area contributed by atoms with Crippen LogP contribution in [-0.4, -0.2) is 44.3 Å². The van der Waals surface area contributed by atoms with Crippen molar-refractivity contribution in [3.05, 3.63) is 131 Å².